The Balaban J connectivity index is 2.50. The van der Waals surface area contributed by atoms with Gasteiger partial charge in [-0.25, -0.2) is 0 Å². The van der Waals surface area contributed by atoms with Crippen molar-refractivity contribution in [2.75, 3.05) is 20.2 Å². The monoisotopic (exact) mass is 238 g/mol. The SMILES string of the molecule is COc1ccccc1OC(C)CNC(=O)CN. The predicted molar refractivity (Wildman–Crippen MR) is 65.1 cm³/mol. The lowest BCUT2D eigenvalue weighted by molar-refractivity contribution is -0.120. The Kier molecular flexibility index (Phi) is 5.29. The van der Waals surface area contributed by atoms with Gasteiger partial charge < -0.3 is 20.5 Å². The van der Waals surface area contributed by atoms with E-state index in [4.69, 9.17) is 15.2 Å². The molecule has 0 saturated carbocycles. The molecule has 0 radical (unpaired) electrons. The van der Waals surface area contributed by atoms with Crippen LogP contribution < -0.4 is 20.5 Å². The van der Waals surface area contributed by atoms with Crippen molar-refractivity contribution in [2.45, 2.75) is 13.0 Å². The lowest BCUT2D eigenvalue weighted by Crippen LogP contribution is -2.37. The van der Waals surface area contributed by atoms with Crippen molar-refractivity contribution < 1.29 is 14.3 Å². The van der Waals surface area contributed by atoms with Crippen molar-refractivity contribution in [3.63, 3.8) is 0 Å². The van der Waals surface area contributed by atoms with E-state index in [2.05, 4.69) is 5.32 Å². The maximum Gasteiger partial charge on any atom is 0.233 e. The summed E-state index contributed by atoms with van der Waals surface area (Å²) in [6, 6.07) is 7.37. The Labute approximate surface area is 101 Å². The molecule has 1 amide bonds. The number of benzene rings is 1. The van der Waals surface area contributed by atoms with Crippen molar-refractivity contribution in [3.05, 3.63) is 24.3 Å². The molecule has 94 valence electrons. The molecule has 17 heavy (non-hydrogen) atoms. The van der Waals surface area contributed by atoms with Gasteiger partial charge >= 0.3 is 0 Å². The van der Waals surface area contributed by atoms with Crippen LogP contribution in [-0.4, -0.2) is 32.2 Å². The fourth-order valence-electron chi connectivity index (χ4n) is 1.30. The van der Waals surface area contributed by atoms with E-state index in [1.54, 1.807) is 7.11 Å². The van der Waals surface area contributed by atoms with E-state index in [1.807, 2.05) is 31.2 Å². The molecule has 1 rings (SSSR count). The van der Waals surface area contributed by atoms with Gasteiger partial charge in [0.05, 0.1) is 20.2 Å². The number of nitrogens with one attached hydrogen (secondary N) is 1. The van der Waals surface area contributed by atoms with Crippen molar-refractivity contribution in [1.82, 2.24) is 5.32 Å². The minimum Gasteiger partial charge on any atom is -0.493 e. The molecule has 0 heterocycles. The second-order valence-electron chi connectivity index (χ2n) is 3.59. The molecule has 1 unspecified atom stereocenters. The van der Waals surface area contributed by atoms with Crippen LogP contribution in [0, 0.1) is 0 Å². The number of carbonyl (C=O) groups is 1. The highest BCUT2D eigenvalue weighted by Gasteiger charge is 2.09. The number of para-hydroxylation sites is 2. The molecule has 0 aromatic heterocycles. The van der Waals surface area contributed by atoms with Crippen molar-refractivity contribution >= 4 is 5.91 Å². The smallest absolute Gasteiger partial charge is 0.233 e. The van der Waals surface area contributed by atoms with E-state index < -0.39 is 0 Å². The maximum absolute atomic E-state index is 11.0. The zero-order chi connectivity index (χ0) is 12.7. The normalized spacial score (nSPS) is 11.7. The lowest BCUT2D eigenvalue weighted by atomic mass is 10.3. The molecule has 5 nitrogen and oxygen atoms in total. The summed E-state index contributed by atoms with van der Waals surface area (Å²) in [7, 11) is 1.59. The molecule has 0 bridgehead atoms. The van der Waals surface area contributed by atoms with Gasteiger partial charge in [-0.05, 0) is 19.1 Å². The number of hydrogen-bond donors (Lipinski definition) is 2. The summed E-state index contributed by atoms with van der Waals surface area (Å²) in [6.07, 6.45) is -0.151. The van der Waals surface area contributed by atoms with E-state index in [-0.39, 0.29) is 18.6 Å². The number of carbonyl (C=O) groups excluding carboxylic acids is 1. The number of hydrogen-bond acceptors (Lipinski definition) is 4. The first-order valence-electron chi connectivity index (χ1n) is 5.43. The third-order valence-electron chi connectivity index (χ3n) is 2.17. The van der Waals surface area contributed by atoms with Gasteiger partial charge in [0.15, 0.2) is 11.5 Å². The van der Waals surface area contributed by atoms with Gasteiger partial charge in [-0.3, -0.25) is 4.79 Å². The Morgan fingerprint density at radius 3 is 2.65 bits per heavy atom. The highest BCUT2D eigenvalue weighted by molar-refractivity contribution is 5.77. The highest BCUT2D eigenvalue weighted by Crippen LogP contribution is 2.26. The Hall–Kier alpha value is -1.75. The van der Waals surface area contributed by atoms with Crippen LogP contribution in [0.5, 0.6) is 11.5 Å². The fraction of sp³-hybridized carbons (Fsp3) is 0.417. The largest absolute Gasteiger partial charge is 0.493 e. The Morgan fingerprint density at radius 1 is 1.41 bits per heavy atom. The van der Waals surface area contributed by atoms with E-state index in [0.29, 0.717) is 18.0 Å². The molecule has 0 aliphatic heterocycles. The average molecular weight is 238 g/mol. The van der Waals surface area contributed by atoms with Gasteiger partial charge in [-0.1, -0.05) is 12.1 Å². The molecular weight excluding hydrogens is 220 g/mol. The number of nitrogens with two attached hydrogens (primary N) is 1. The first kappa shape index (κ1) is 13.3. The first-order chi connectivity index (χ1) is 8.17. The Morgan fingerprint density at radius 2 is 2.06 bits per heavy atom. The van der Waals surface area contributed by atoms with E-state index in [9.17, 15) is 4.79 Å². The van der Waals surface area contributed by atoms with Crippen molar-refractivity contribution in [1.29, 1.82) is 0 Å². The van der Waals surface area contributed by atoms with E-state index in [1.165, 1.54) is 0 Å². The molecule has 0 aliphatic carbocycles. The molecule has 3 N–H and O–H groups in total. The van der Waals surface area contributed by atoms with Crippen LogP contribution in [0.3, 0.4) is 0 Å². The predicted octanol–water partition coefficient (Wildman–Crippen LogP) is 0.537. The number of methoxy groups -OCH3 is 1. The van der Waals surface area contributed by atoms with Crippen LogP contribution in [0.4, 0.5) is 0 Å². The molecular formula is C12H18N2O3. The fourth-order valence-corrected chi connectivity index (χ4v) is 1.30. The zero-order valence-electron chi connectivity index (χ0n) is 10.1. The van der Waals surface area contributed by atoms with Crippen LogP contribution in [0.15, 0.2) is 24.3 Å². The van der Waals surface area contributed by atoms with Crippen LogP contribution >= 0.6 is 0 Å². The summed E-state index contributed by atoms with van der Waals surface area (Å²) in [4.78, 5) is 11.0. The second kappa shape index (κ2) is 6.75. The third-order valence-corrected chi connectivity index (χ3v) is 2.17. The van der Waals surface area contributed by atoms with Crippen LogP contribution in [0.25, 0.3) is 0 Å². The average Bonchev–Trinajstić information content (AvgIpc) is 2.36. The molecule has 1 aromatic rings. The summed E-state index contributed by atoms with van der Waals surface area (Å²) in [5.74, 6) is 1.13. The third kappa shape index (κ3) is 4.32. The molecule has 1 aromatic carbocycles. The Bertz CT molecular complexity index is 369. The summed E-state index contributed by atoms with van der Waals surface area (Å²) in [6.45, 7) is 2.26. The summed E-state index contributed by atoms with van der Waals surface area (Å²) >= 11 is 0. The topological polar surface area (TPSA) is 73.6 Å². The number of rotatable bonds is 6. The lowest BCUT2D eigenvalue weighted by Gasteiger charge is -2.17. The van der Waals surface area contributed by atoms with Gasteiger partial charge in [-0.2, -0.15) is 0 Å². The minimum absolute atomic E-state index is 0.0125. The van der Waals surface area contributed by atoms with E-state index >= 15 is 0 Å². The molecule has 5 heteroatoms. The molecule has 0 aliphatic rings. The van der Waals surface area contributed by atoms with Crippen molar-refractivity contribution in [3.8, 4) is 11.5 Å². The number of ether oxygens (including phenoxy) is 2. The summed E-state index contributed by atoms with van der Waals surface area (Å²) in [5.41, 5.74) is 5.18. The van der Waals surface area contributed by atoms with Crippen LogP contribution in [0.1, 0.15) is 6.92 Å². The van der Waals surface area contributed by atoms with Gasteiger partial charge in [-0.15, -0.1) is 0 Å². The summed E-state index contributed by atoms with van der Waals surface area (Å²) < 4.78 is 10.8. The quantitative estimate of drug-likeness (QED) is 0.758. The molecule has 0 saturated heterocycles. The molecule has 0 spiro atoms. The zero-order valence-corrected chi connectivity index (χ0v) is 10.1. The summed E-state index contributed by atoms with van der Waals surface area (Å²) in [5, 5.41) is 2.66. The van der Waals surface area contributed by atoms with Gasteiger partial charge in [0.2, 0.25) is 5.91 Å². The standard InChI is InChI=1S/C12H18N2O3/c1-9(8-14-12(15)7-13)17-11-6-4-3-5-10(11)16-2/h3-6,9H,7-8,13H2,1-2H3,(H,14,15). The maximum atomic E-state index is 11.0. The van der Waals surface area contributed by atoms with Gasteiger partial charge in [0.1, 0.15) is 6.10 Å². The van der Waals surface area contributed by atoms with Gasteiger partial charge in [0.25, 0.3) is 0 Å². The molecule has 0 fully saturated rings. The van der Waals surface area contributed by atoms with Crippen LogP contribution in [0.2, 0.25) is 0 Å². The highest BCUT2D eigenvalue weighted by atomic mass is 16.5. The van der Waals surface area contributed by atoms with E-state index in [0.717, 1.165) is 0 Å². The van der Waals surface area contributed by atoms with Crippen molar-refractivity contribution in [2.24, 2.45) is 5.73 Å². The molecule has 1 atom stereocenters. The second-order valence-corrected chi connectivity index (χ2v) is 3.59. The van der Waals surface area contributed by atoms with Gasteiger partial charge in [0, 0.05) is 0 Å². The van der Waals surface area contributed by atoms with Crippen LogP contribution in [-0.2, 0) is 4.79 Å². The first-order valence-corrected chi connectivity index (χ1v) is 5.43. The minimum atomic E-state index is -0.194. The number of amides is 1.